The third kappa shape index (κ3) is 6.97. The van der Waals surface area contributed by atoms with Gasteiger partial charge in [-0.15, -0.1) is 0 Å². The Morgan fingerprint density at radius 3 is 2.16 bits per heavy atom. The largest absolute Gasteiger partial charge is 0.462 e. The lowest BCUT2D eigenvalue weighted by Crippen LogP contribution is -2.26. The molecular formula is C23H21F4NO4. The van der Waals surface area contributed by atoms with Crippen LogP contribution >= 0.6 is 0 Å². The normalized spacial score (nSPS) is 10.9. The van der Waals surface area contributed by atoms with Crippen molar-refractivity contribution < 1.29 is 36.6 Å². The van der Waals surface area contributed by atoms with Gasteiger partial charge in [0.1, 0.15) is 22.9 Å². The van der Waals surface area contributed by atoms with E-state index in [2.05, 4.69) is 23.2 Å². The second kappa shape index (κ2) is 11.1. The Kier molecular flexibility index (Phi) is 8.57. The summed E-state index contributed by atoms with van der Waals surface area (Å²) in [7, 11) is 0. The van der Waals surface area contributed by atoms with Crippen molar-refractivity contribution in [1.82, 2.24) is 5.32 Å². The minimum absolute atomic E-state index is 0.0314. The van der Waals surface area contributed by atoms with Gasteiger partial charge in [-0.25, -0.2) is 13.6 Å². The summed E-state index contributed by atoms with van der Waals surface area (Å²) >= 11 is 0. The summed E-state index contributed by atoms with van der Waals surface area (Å²) in [6, 6.07) is 6.88. The van der Waals surface area contributed by atoms with E-state index in [1.165, 1.54) is 24.3 Å². The summed E-state index contributed by atoms with van der Waals surface area (Å²) in [6.45, 7) is 6.65. The van der Waals surface area contributed by atoms with Gasteiger partial charge in [-0.2, -0.15) is 8.78 Å². The van der Waals surface area contributed by atoms with E-state index >= 15 is 0 Å². The average Bonchev–Trinajstić information content (AvgIpc) is 2.73. The molecule has 0 saturated carbocycles. The highest BCUT2D eigenvalue weighted by molar-refractivity contribution is 5.86. The highest BCUT2D eigenvalue weighted by Crippen LogP contribution is 2.35. The highest BCUT2D eigenvalue weighted by Gasteiger charge is 2.41. The fourth-order valence-electron chi connectivity index (χ4n) is 2.70. The SMILES string of the molecule is C=CC(=O)NCCc1cc(F)c(C(F)(F)Oc2ccc(CCOC(=O)C=C)cc2)c(F)c1. The van der Waals surface area contributed by atoms with E-state index in [9.17, 15) is 27.2 Å². The molecule has 0 aliphatic carbocycles. The maximum Gasteiger partial charge on any atom is 0.432 e. The monoisotopic (exact) mass is 451 g/mol. The minimum atomic E-state index is -4.27. The van der Waals surface area contributed by atoms with Gasteiger partial charge in [0.2, 0.25) is 5.91 Å². The zero-order valence-electron chi connectivity index (χ0n) is 17.0. The summed E-state index contributed by atoms with van der Waals surface area (Å²) < 4.78 is 67.0. The minimum Gasteiger partial charge on any atom is -0.462 e. The Morgan fingerprint density at radius 1 is 0.969 bits per heavy atom. The third-order valence-electron chi connectivity index (χ3n) is 4.26. The Labute approximate surface area is 182 Å². The lowest BCUT2D eigenvalue weighted by atomic mass is 10.1. The molecule has 1 amide bonds. The van der Waals surface area contributed by atoms with Crippen molar-refractivity contribution in [2.45, 2.75) is 19.0 Å². The van der Waals surface area contributed by atoms with Crippen LogP contribution in [0.4, 0.5) is 17.6 Å². The molecule has 1 N–H and O–H groups in total. The first-order valence-electron chi connectivity index (χ1n) is 9.50. The molecule has 32 heavy (non-hydrogen) atoms. The summed E-state index contributed by atoms with van der Waals surface area (Å²) in [5, 5.41) is 2.42. The number of carbonyl (C=O) groups is 2. The van der Waals surface area contributed by atoms with Crippen molar-refractivity contribution in [1.29, 1.82) is 0 Å². The van der Waals surface area contributed by atoms with Crippen molar-refractivity contribution in [3.8, 4) is 5.75 Å². The fraction of sp³-hybridized carbons (Fsp3) is 0.217. The number of benzene rings is 2. The predicted molar refractivity (Wildman–Crippen MR) is 109 cm³/mol. The van der Waals surface area contributed by atoms with Crippen LogP contribution in [-0.4, -0.2) is 25.0 Å². The van der Waals surface area contributed by atoms with E-state index in [1.807, 2.05) is 0 Å². The summed E-state index contributed by atoms with van der Waals surface area (Å²) in [6.07, 6.45) is -1.86. The van der Waals surface area contributed by atoms with Crippen molar-refractivity contribution in [3.63, 3.8) is 0 Å². The molecule has 0 bridgehead atoms. The highest BCUT2D eigenvalue weighted by atomic mass is 19.3. The number of amides is 1. The molecule has 0 atom stereocenters. The molecule has 0 aromatic heterocycles. The second-order valence-electron chi connectivity index (χ2n) is 6.56. The molecule has 0 aliphatic heterocycles. The number of carbonyl (C=O) groups excluding carboxylic acids is 2. The molecule has 2 rings (SSSR count). The van der Waals surface area contributed by atoms with Crippen LogP contribution in [0.15, 0.2) is 61.7 Å². The number of hydrogen-bond acceptors (Lipinski definition) is 4. The predicted octanol–water partition coefficient (Wildman–Crippen LogP) is 4.21. The quantitative estimate of drug-likeness (QED) is 0.316. The molecule has 0 spiro atoms. The molecule has 5 nitrogen and oxygen atoms in total. The summed E-state index contributed by atoms with van der Waals surface area (Å²) in [4.78, 5) is 22.1. The van der Waals surface area contributed by atoms with Crippen LogP contribution < -0.4 is 10.1 Å². The van der Waals surface area contributed by atoms with Gasteiger partial charge in [-0.05, 0) is 47.9 Å². The Bertz CT molecular complexity index is 967. The Balaban J connectivity index is 2.05. The van der Waals surface area contributed by atoms with Gasteiger partial charge in [-0.3, -0.25) is 4.79 Å². The molecule has 0 fully saturated rings. The molecular weight excluding hydrogens is 430 g/mol. The molecule has 2 aromatic carbocycles. The van der Waals surface area contributed by atoms with Gasteiger partial charge in [0.25, 0.3) is 0 Å². The average molecular weight is 451 g/mol. The van der Waals surface area contributed by atoms with Crippen LogP contribution in [0.3, 0.4) is 0 Å². The first-order chi connectivity index (χ1) is 15.2. The van der Waals surface area contributed by atoms with Crippen molar-refractivity contribution in [3.05, 3.63) is 90.0 Å². The maximum absolute atomic E-state index is 14.5. The molecule has 2 aromatic rings. The number of esters is 1. The maximum atomic E-state index is 14.5. The van der Waals surface area contributed by atoms with Crippen molar-refractivity contribution in [2.24, 2.45) is 0 Å². The van der Waals surface area contributed by atoms with Gasteiger partial charge in [0.15, 0.2) is 0 Å². The van der Waals surface area contributed by atoms with Crippen LogP contribution in [0, 0.1) is 11.6 Å². The molecule has 0 unspecified atom stereocenters. The van der Waals surface area contributed by atoms with Crippen molar-refractivity contribution >= 4 is 11.9 Å². The van der Waals surface area contributed by atoms with Gasteiger partial charge < -0.3 is 14.8 Å². The van der Waals surface area contributed by atoms with Gasteiger partial charge in [0, 0.05) is 19.0 Å². The van der Waals surface area contributed by atoms with E-state index in [0.29, 0.717) is 12.0 Å². The topological polar surface area (TPSA) is 64.6 Å². The molecule has 9 heteroatoms. The Hall–Kier alpha value is -3.62. The third-order valence-corrected chi connectivity index (χ3v) is 4.26. The van der Waals surface area contributed by atoms with Crippen LogP contribution in [0.2, 0.25) is 0 Å². The Morgan fingerprint density at radius 2 is 1.59 bits per heavy atom. The van der Waals surface area contributed by atoms with E-state index in [-0.39, 0.29) is 30.9 Å². The number of nitrogens with one attached hydrogen (secondary N) is 1. The van der Waals surface area contributed by atoms with Crippen molar-refractivity contribution in [2.75, 3.05) is 13.2 Å². The van der Waals surface area contributed by atoms with Crippen LogP contribution in [-0.2, 0) is 33.3 Å². The first-order valence-corrected chi connectivity index (χ1v) is 9.50. The molecule has 0 aliphatic rings. The van der Waals surface area contributed by atoms with E-state index in [1.54, 1.807) is 0 Å². The van der Waals surface area contributed by atoms with Crippen LogP contribution in [0.1, 0.15) is 16.7 Å². The van der Waals surface area contributed by atoms with E-state index < -0.39 is 35.2 Å². The smallest absolute Gasteiger partial charge is 0.432 e. The first kappa shape index (κ1) is 24.6. The number of hydrogen-bond donors (Lipinski definition) is 1. The number of rotatable bonds is 11. The van der Waals surface area contributed by atoms with Crippen LogP contribution in [0.25, 0.3) is 0 Å². The van der Waals surface area contributed by atoms with Gasteiger partial charge in [0.05, 0.1) is 6.61 Å². The van der Waals surface area contributed by atoms with Crippen LogP contribution in [0.5, 0.6) is 5.75 Å². The lowest BCUT2D eigenvalue weighted by molar-refractivity contribution is -0.189. The zero-order valence-corrected chi connectivity index (χ0v) is 17.0. The fourth-order valence-corrected chi connectivity index (χ4v) is 2.70. The summed E-state index contributed by atoms with van der Waals surface area (Å²) in [5.74, 6) is -4.30. The zero-order chi connectivity index (χ0) is 23.7. The number of ether oxygens (including phenoxy) is 2. The second-order valence-corrected chi connectivity index (χ2v) is 6.56. The number of alkyl halides is 2. The molecule has 0 heterocycles. The van der Waals surface area contributed by atoms with E-state index in [4.69, 9.17) is 4.74 Å². The molecule has 170 valence electrons. The van der Waals surface area contributed by atoms with Gasteiger partial charge >= 0.3 is 12.1 Å². The van der Waals surface area contributed by atoms with E-state index in [0.717, 1.165) is 24.3 Å². The molecule has 0 radical (unpaired) electrons. The number of halogens is 4. The lowest BCUT2D eigenvalue weighted by Gasteiger charge is -2.20. The standard InChI is InChI=1S/C23H21F4NO4/c1-3-20(29)28-11-9-16-13-18(24)22(19(25)14-16)23(26,27)32-17-7-5-15(6-8-17)10-12-31-21(30)4-2/h3-8,13-14H,1-2,9-12H2,(H,28,29). The van der Waals surface area contributed by atoms with Gasteiger partial charge in [-0.1, -0.05) is 25.3 Å². The molecule has 0 saturated heterocycles. The summed E-state index contributed by atoms with van der Waals surface area (Å²) in [5.41, 5.74) is -0.759.